The summed E-state index contributed by atoms with van der Waals surface area (Å²) in [6.45, 7) is 7.27. The van der Waals surface area contributed by atoms with Gasteiger partial charge in [-0.2, -0.15) is 0 Å². The molecular weight excluding hydrogens is 404 g/mol. The first-order valence-electron chi connectivity index (χ1n) is 11.8. The van der Waals surface area contributed by atoms with Crippen molar-refractivity contribution in [2.75, 3.05) is 46.1 Å². The van der Waals surface area contributed by atoms with Gasteiger partial charge < -0.3 is 14.4 Å². The van der Waals surface area contributed by atoms with Gasteiger partial charge in [-0.05, 0) is 54.7 Å². The van der Waals surface area contributed by atoms with Crippen molar-refractivity contribution in [3.05, 3.63) is 53.9 Å². The van der Waals surface area contributed by atoms with Crippen LogP contribution in [0.5, 0.6) is 11.5 Å². The second-order valence-corrected chi connectivity index (χ2v) is 8.99. The van der Waals surface area contributed by atoms with E-state index < -0.39 is 0 Å². The third-order valence-electron chi connectivity index (χ3n) is 6.89. The molecule has 2 aromatic rings. The van der Waals surface area contributed by atoms with Gasteiger partial charge in [0.05, 0.1) is 0 Å². The summed E-state index contributed by atoms with van der Waals surface area (Å²) in [5.41, 5.74) is 2.45. The highest BCUT2D eigenvalue weighted by molar-refractivity contribution is 5.76. The van der Waals surface area contributed by atoms with Crippen molar-refractivity contribution >= 4 is 5.91 Å². The first-order valence-corrected chi connectivity index (χ1v) is 11.8. The zero-order valence-electron chi connectivity index (χ0n) is 18.6. The van der Waals surface area contributed by atoms with E-state index in [0.29, 0.717) is 19.3 Å². The molecule has 2 saturated heterocycles. The van der Waals surface area contributed by atoms with Crippen LogP contribution >= 0.6 is 0 Å². The molecule has 5 rings (SSSR count). The Kier molecular flexibility index (Phi) is 6.55. The topological polar surface area (TPSA) is 58.1 Å². The van der Waals surface area contributed by atoms with E-state index in [-0.39, 0.29) is 5.91 Å². The minimum Gasteiger partial charge on any atom is -0.454 e. The summed E-state index contributed by atoms with van der Waals surface area (Å²) in [5, 5.41) is 0. The monoisotopic (exact) mass is 436 g/mol. The molecule has 1 aromatic carbocycles. The minimum absolute atomic E-state index is 0.285. The van der Waals surface area contributed by atoms with Crippen molar-refractivity contribution in [3.8, 4) is 11.5 Å². The smallest absolute Gasteiger partial charge is 0.231 e. The summed E-state index contributed by atoms with van der Waals surface area (Å²) in [7, 11) is 0. The van der Waals surface area contributed by atoms with E-state index in [4.69, 9.17) is 9.47 Å². The Bertz CT molecular complexity index is 915. The summed E-state index contributed by atoms with van der Waals surface area (Å²) in [4.78, 5) is 24.0. The van der Waals surface area contributed by atoms with Crippen molar-refractivity contribution in [2.24, 2.45) is 0 Å². The standard InChI is InChI=1S/C25H32N4O3/c30-25(6-4-20-7-9-26-10-8-20)29-11-1-2-22(18-29)28-14-12-27(13-15-28)17-21-3-5-23-24(16-21)32-19-31-23/h3,5,7-10,16,22H,1-2,4,6,11-15,17-19H2. The molecule has 3 aliphatic heterocycles. The zero-order valence-corrected chi connectivity index (χ0v) is 18.6. The number of pyridine rings is 1. The largest absolute Gasteiger partial charge is 0.454 e. The van der Waals surface area contributed by atoms with Gasteiger partial charge in [0.25, 0.3) is 0 Å². The lowest BCUT2D eigenvalue weighted by molar-refractivity contribution is -0.133. The third-order valence-corrected chi connectivity index (χ3v) is 6.89. The first-order chi connectivity index (χ1) is 15.7. The number of fused-ring (bicyclic) bond motifs is 1. The Morgan fingerprint density at radius 1 is 0.969 bits per heavy atom. The molecule has 0 bridgehead atoms. The van der Waals surface area contributed by atoms with E-state index >= 15 is 0 Å². The molecule has 170 valence electrons. The Morgan fingerprint density at radius 2 is 1.78 bits per heavy atom. The van der Waals surface area contributed by atoms with Crippen molar-refractivity contribution in [1.29, 1.82) is 0 Å². The van der Waals surface area contributed by atoms with Gasteiger partial charge in [-0.3, -0.25) is 19.6 Å². The number of carbonyl (C=O) groups excluding carboxylic acids is 1. The van der Waals surface area contributed by atoms with E-state index in [9.17, 15) is 4.79 Å². The first kappa shape index (κ1) is 21.2. The van der Waals surface area contributed by atoms with Crippen LogP contribution in [0.3, 0.4) is 0 Å². The Labute approximate surface area is 189 Å². The maximum Gasteiger partial charge on any atom is 0.231 e. The number of rotatable bonds is 6. The van der Waals surface area contributed by atoms with E-state index in [1.54, 1.807) is 12.4 Å². The number of carbonyl (C=O) groups is 1. The predicted octanol–water partition coefficient (Wildman–Crippen LogP) is 2.55. The van der Waals surface area contributed by atoms with Gasteiger partial charge in [0.2, 0.25) is 12.7 Å². The molecule has 0 aliphatic carbocycles. The van der Waals surface area contributed by atoms with Crippen LogP contribution in [-0.4, -0.2) is 77.7 Å². The van der Waals surface area contributed by atoms with Crippen LogP contribution in [0.2, 0.25) is 0 Å². The molecular formula is C25H32N4O3. The summed E-state index contributed by atoms with van der Waals surface area (Å²) >= 11 is 0. The van der Waals surface area contributed by atoms with Gasteiger partial charge in [-0.25, -0.2) is 0 Å². The van der Waals surface area contributed by atoms with Crippen molar-refractivity contribution in [1.82, 2.24) is 19.7 Å². The van der Waals surface area contributed by atoms with E-state index in [1.807, 2.05) is 18.2 Å². The average molecular weight is 437 g/mol. The Balaban J connectivity index is 1.08. The van der Waals surface area contributed by atoms with Crippen LogP contribution in [0.15, 0.2) is 42.7 Å². The molecule has 3 aliphatic rings. The molecule has 32 heavy (non-hydrogen) atoms. The zero-order chi connectivity index (χ0) is 21.8. The number of ether oxygens (including phenoxy) is 2. The molecule has 0 radical (unpaired) electrons. The van der Waals surface area contributed by atoms with Crippen molar-refractivity contribution in [2.45, 2.75) is 38.3 Å². The van der Waals surface area contributed by atoms with Crippen molar-refractivity contribution in [3.63, 3.8) is 0 Å². The highest BCUT2D eigenvalue weighted by Gasteiger charge is 2.30. The van der Waals surface area contributed by atoms with Gasteiger partial charge in [0.1, 0.15) is 0 Å². The molecule has 1 atom stereocenters. The Hall–Kier alpha value is -2.64. The maximum absolute atomic E-state index is 12.8. The highest BCUT2D eigenvalue weighted by Crippen LogP contribution is 2.33. The van der Waals surface area contributed by atoms with E-state index in [0.717, 1.165) is 70.2 Å². The number of hydrogen-bond acceptors (Lipinski definition) is 6. The number of aryl methyl sites for hydroxylation is 1. The fourth-order valence-corrected chi connectivity index (χ4v) is 5.02. The lowest BCUT2D eigenvalue weighted by atomic mass is 10.0. The summed E-state index contributed by atoms with van der Waals surface area (Å²) in [6, 6.07) is 10.7. The highest BCUT2D eigenvalue weighted by atomic mass is 16.7. The van der Waals surface area contributed by atoms with E-state index in [1.165, 1.54) is 17.5 Å². The lowest BCUT2D eigenvalue weighted by Crippen LogP contribution is -2.55. The van der Waals surface area contributed by atoms with Gasteiger partial charge in [-0.1, -0.05) is 6.07 Å². The molecule has 1 aromatic heterocycles. The molecule has 1 amide bonds. The number of likely N-dealkylation sites (tertiary alicyclic amines) is 1. The van der Waals surface area contributed by atoms with Gasteiger partial charge in [0, 0.05) is 70.7 Å². The quantitative estimate of drug-likeness (QED) is 0.694. The predicted molar refractivity (Wildman–Crippen MR) is 122 cm³/mol. The fraction of sp³-hybridized carbons (Fsp3) is 0.520. The number of hydrogen-bond donors (Lipinski definition) is 0. The SMILES string of the molecule is O=C(CCc1ccncc1)N1CCCC(N2CCN(Cc3ccc4c(c3)OCO4)CC2)C1. The Morgan fingerprint density at radius 3 is 2.62 bits per heavy atom. The number of piperidine rings is 1. The molecule has 2 fully saturated rings. The number of amides is 1. The van der Waals surface area contributed by atoms with Gasteiger partial charge in [-0.15, -0.1) is 0 Å². The number of aromatic nitrogens is 1. The minimum atomic E-state index is 0.285. The third kappa shape index (κ3) is 5.05. The summed E-state index contributed by atoms with van der Waals surface area (Å²) in [6.07, 6.45) is 7.26. The summed E-state index contributed by atoms with van der Waals surface area (Å²) in [5.74, 6) is 1.99. The second-order valence-electron chi connectivity index (χ2n) is 8.99. The maximum atomic E-state index is 12.8. The molecule has 0 N–H and O–H groups in total. The van der Waals surface area contributed by atoms with Crippen LogP contribution in [0.1, 0.15) is 30.4 Å². The molecule has 4 heterocycles. The van der Waals surface area contributed by atoms with Crippen LogP contribution in [-0.2, 0) is 17.8 Å². The average Bonchev–Trinajstić information content (AvgIpc) is 3.32. The number of nitrogens with zero attached hydrogens (tertiary/aromatic N) is 4. The molecule has 7 nitrogen and oxygen atoms in total. The van der Waals surface area contributed by atoms with E-state index in [2.05, 4.69) is 31.8 Å². The van der Waals surface area contributed by atoms with Crippen LogP contribution in [0, 0.1) is 0 Å². The normalized spacial score (nSPS) is 21.6. The molecule has 0 saturated carbocycles. The second kappa shape index (κ2) is 9.88. The lowest BCUT2D eigenvalue weighted by Gasteiger charge is -2.43. The van der Waals surface area contributed by atoms with Crippen LogP contribution in [0.4, 0.5) is 0 Å². The van der Waals surface area contributed by atoms with Crippen molar-refractivity contribution < 1.29 is 14.3 Å². The summed E-state index contributed by atoms with van der Waals surface area (Å²) < 4.78 is 10.9. The number of benzene rings is 1. The van der Waals surface area contributed by atoms with Crippen LogP contribution in [0.25, 0.3) is 0 Å². The number of piperazine rings is 1. The van der Waals surface area contributed by atoms with Gasteiger partial charge >= 0.3 is 0 Å². The molecule has 7 heteroatoms. The molecule has 0 spiro atoms. The van der Waals surface area contributed by atoms with Crippen LogP contribution < -0.4 is 9.47 Å². The fourth-order valence-electron chi connectivity index (χ4n) is 5.02. The molecule has 1 unspecified atom stereocenters. The van der Waals surface area contributed by atoms with Gasteiger partial charge in [0.15, 0.2) is 11.5 Å².